The number of nitrogens with one attached hydrogen (secondary N) is 2. The molecule has 0 aliphatic rings. The molecular weight excluding hydrogens is 300 g/mol. The lowest BCUT2D eigenvalue weighted by molar-refractivity contribution is -0.384. The zero-order valence-electron chi connectivity index (χ0n) is 11.8. The van der Waals surface area contributed by atoms with E-state index in [2.05, 4.69) is 15.8 Å². The SMILES string of the molecule is CC(=NNC(=S)Nc1ccccc1)c1ccc([N+](=O)[O-])cc1. The van der Waals surface area contributed by atoms with Crippen LogP contribution in [-0.4, -0.2) is 15.7 Å². The smallest absolute Gasteiger partial charge is 0.269 e. The summed E-state index contributed by atoms with van der Waals surface area (Å²) in [6, 6.07) is 15.7. The number of thiocarbonyl (C=S) groups is 1. The third-order valence-electron chi connectivity index (χ3n) is 2.85. The van der Waals surface area contributed by atoms with Gasteiger partial charge in [0.25, 0.3) is 5.69 Å². The van der Waals surface area contributed by atoms with E-state index in [0.29, 0.717) is 10.8 Å². The fraction of sp³-hybridized carbons (Fsp3) is 0.0667. The first-order valence-electron chi connectivity index (χ1n) is 6.47. The predicted molar refractivity (Wildman–Crippen MR) is 91.1 cm³/mol. The van der Waals surface area contributed by atoms with Gasteiger partial charge in [-0.1, -0.05) is 18.2 Å². The molecule has 0 saturated heterocycles. The molecule has 2 aromatic rings. The zero-order valence-corrected chi connectivity index (χ0v) is 12.6. The second-order valence-electron chi connectivity index (χ2n) is 4.43. The van der Waals surface area contributed by atoms with E-state index in [1.54, 1.807) is 19.1 Å². The van der Waals surface area contributed by atoms with Crippen molar-refractivity contribution in [3.05, 3.63) is 70.3 Å². The van der Waals surface area contributed by atoms with Crippen LogP contribution in [0.1, 0.15) is 12.5 Å². The number of hydrogen-bond donors (Lipinski definition) is 2. The highest BCUT2D eigenvalue weighted by atomic mass is 32.1. The van der Waals surface area contributed by atoms with Crippen LogP contribution in [0.3, 0.4) is 0 Å². The number of non-ortho nitro benzene ring substituents is 1. The van der Waals surface area contributed by atoms with Crippen LogP contribution in [0.2, 0.25) is 0 Å². The van der Waals surface area contributed by atoms with E-state index in [1.807, 2.05) is 30.3 Å². The Labute approximate surface area is 133 Å². The van der Waals surface area contributed by atoms with E-state index in [1.165, 1.54) is 12.1 Å². The van der Waals surface area contributed by atoms with Gasteiger partial charge in [-0.3, -0.25) is 15.5 Å². The zero-order chi connectivity index (χ0) is 15.9. The van der Waals surface area contributed by atoms with E-state index < -0.39 is 4.92 Å². The molecule has 0 saturated carbocycles. The third kappa shape index (κ3) is 4.35. The van der Waals surface area contributed by atoms with Crippen molar-refractivity contribution in [1.29, 1.82) is 0 Å². The van der Waals surface area contributed by atoms with Crippen molar-refractivity contribution < 1.29 is 4.92 Å². The highest BCUT2D eigenvalue weighted by Gasteiger charge is 2.05. The van der Waals surface area contributed by atoms with Crippen molar-refractivity contribution in [2.24, 2.45) is 5.10 Å². The maximum atomic E-state index is 10.6. The minimum absolute atomic E-state index is 0.0470. The average Bonchev–Trinajstić information content (AvgIpc) is 2.53. The first-order valence-corrected chi connectivity index (χ1v) is 6.88. The number of rotatable bonds is 4. The molecule has 0 bridgehead atoms. The minimum Gasteiger partial charge on any atom is -0.331 e. The van der Waals surface area contributed by atoms with Crippen LogP contribution >= 0.6 is 12.2 Å². The first-order chi connectivity index (χ1) is 10.6. The largest absolute Gasteiger partial charge is 0.331 e. The fourth-order valence-corrected chi connectivity index (χ4v) is 1.87. The quantitative estimate of drug-likeness (QED) is 0.392. The summed E-state index contributed by atoms with van der Waals surface area (Å²) in [5.41, 5.74) is 5.10. The Morgan fingerprint density at radius 2 is 1.77 bits per heavy atom. The molecule has 0 aliphatic carbocycles. The van der Waals surface area contributed by atoms with Gasteiger partial charge in [0.1, 0.15) is 0 Å². The van der Waals surface area contributed by atoms with Crippen LogP contribution in [0.15, 0.2) is 59.7 Å². The molecule has 0 aromatic heterocycles. The van der Waals surface area contributed by atoms with Crippen molar-refractivity contribution >= 4 is 34.4 Å². The van der Waals surface area contributed by atoms with Gasteiger partial charge in [0.05, 0.1) is 10.6 Å². The van der Waals surface area contributed by atoms with Crippen molar-refractivity contribution in [2.75, 3.05) is 5.32 Å². The van der Waals surface area contributed by atoms with Crippen molar-refractivity contribution in [2.45, 2.75) is 6.92 Å². The summed E-state index contributed by atoms with van der Waals surface area (Å²) in [4.78, 5) is 10.2. The monoisotopic (exact) mass is 314 g/mol. The van der Waals surface area contributed by atoms with Gasteiger partial charge in [-0.15, -0.1) is 0 Å². The van der Waals surface area contributed by atoms with Gasteiger partial charge in [-0.2, -0.15) is 5.10 Å². The van der Waals surface area contributed by atoms with Gasteiger partial charge >= 0.3 is 0 Å². The molecule has 0 fully saturated rings. The van der Waals surface area contributed by atoms with Crippen LogP contribution < -0.4 is 10.7 Å². The van der Waals surface area contributed by atoms with E-state index in [9.17, 15) is 10.1 Å². The summed E-state index contributed by atoms with van der Waals surface area (Å²) in [7, 11) is 0. The van der Waals surface area contributed by atoms with Gasteiger partial charge in [0.15, 0.2) is 5.11 Å². The number of nitrogens with zero attached hydrogens (tertiary/aromatic N) is 2. The molecule has 2 N–H and O–H groups in total. The molecule has 7 heteroatoms. The summed E-state index contributed by atoms with van der Waals surface area (Å²) in [5.74, 6) is 0. The van der Waals surface area contributed by atoms with E-state index in [4.69, 9.17) is 12.2 Å². The number of para-hydroxylation sites is 1. The van der Waals surface area contributed by atoms with Crippen LogP contribution in [-0.2, 0) is 0 Å². The Balaban J connectivity index is 1.97. The molecule has 0 amide bonds. The lowest BCUT2D eigenvalue weighted by atomic mass is 10.1. The second-order valence-corrected chi connectivity index (χ2v) is 4.84. The Morgan fingerprint density at radius 1 is 1.14 bits per heavy atom. The number of benzene rings is 2. The second kappa shape index (κ2) is 7.28. The van der Waals surface area contributed by atoms with Gasteiger partial charge in [0.2, 0.25) is 0 Å². The topological polar surface area (TPSA) is 79.6 Å². The predicted octanol–water partition coefficient (Wildman–Crippen LogP) is 3.31. The number of hydrazone groups is 1. The molecule has 0 aliphatic heterocycles. The highest BCUT2D eigenvalue weighted by Crippen LogP contribution is 2.12. The van der Waals surface area contributed by atoms with Gasteiger partial charge in [-0.05, 0) is 49.0 Å². The summed E-state index contributed by atoms with van der Waals surface area (Å²) in [5, 5.41) is 18.1. The van der Waals surface area contributed by atoms with Crippen molar-refractivity contribution in [3.63, 3.8) is 0 Å². The van der Waals surface area contributed by atoms with Crippen LogP contribution in [0.5, 0.6) is 0 Å². The number of hydrogen-bond acceptors (Lipinski definition) is 4. The third-order valence-corrected chi connectivity index (χ3v) is 3.05. The molecule has 0 heterocycles. The van der Waals surface area contributed by atoms with Gasteiger partial charge in [0, 0.05) is 17.8 Å². The lowest BCUT2D eigenvalue weighted by Gasteiger charge is -2.07. The number of anilines is 1. The molecule has 2 rings (SSSR count). The van der Waals surface area contributed by atoms with Crippen LogP contribution in [0.4, 0.5) is 11.4 Å². The van der Waals surface area contributed by atoms with Gasteiger partial charge < -0.3 is 5.32 Å². The molecule has 0 spiro atoms. The summed E-state index contributed by atoms with van der Waals surface area (Å²) < 4.78 is 0. The van der Waals surface area contributed by atoms with Crippen LogP contribution in [0.25, 0.3) is 0 Å². The Hall–Kier alpha value is -2.80. The maximum Gasteiger partial charge on any atom is 0.269 e. The van der Waals surface area contributed by atoms with Crippen molar-refractivity contribution in [1.82, 2.24) is 5.43 Å². The number of nitro groups is 1. The molecule has 0 atom stereocenters. The van der Waals surface area contributed by atoms with E-state index in [-0.39, 0.29) is 5.69 Å². The molecule has 2 aromatic carbocycles. The van der Waals surface area contributed by atoms with E-state index in [0.717, 1.165) is 11.3 Å². The van der Waals surface area contributed by atoms with Gasteiger partial charge in [-0.25, -0.2) is 0 Å². The first kappa shape index (κ1) is 15.6. The summed E-state index contributed by atoms with van der Waals surface area (Å²) in [6.45, 7) is 1.79. The lowest BCUT2D eigenvalue weighted by Crippen LogP contribution is -2.24. The highest BCUT2D eigenvalue weighted by molar-refractivity contribution is 7.80. The molecular formula is C15H14N4O2S. The molecule has 112 valence electrons. The molecule has 6 nitrogen and oxygen atoms in total. The normalized spacial score (nSPS) is 10.9. The Kier molecular flexibility index (Phi) is 5.16. The van der Waals surface area contributed by atoms with E-state index >= 15 is 0 Å². The standard InChI is InChI=1S/C15H14N4O2S/c1-11(12-7-9-14(10-8-12)19(20)21)17-18-15(22)16-13-5-3-2-4-6-13/h2-10H,1H3,(H2,16,18,22). The summed E-state index contributed by atoms with van der Waals surface area (Å²) >= 11 is 5.14. The van der Waals surface area contributed by atoms with Crippen LogP contribution in [0, 0.1) is 10.1 Å². The Morgan fingerprint density at radius 3 is 2.36 bits per heavy atom. The molecule has 0 radical (unpaired) electrons. The Bertz CT molecular complexity index is 699. The number of nitro benzene ring substituents is 1. The minimum atomic E-state index is -0.437. The maximum absolute atomic E-state index is 10.6. The summed E-state index contributed by atoms with van der Waals surface area (Å²) in [6.07, 6.45) is 0. The average molecular weight is 314 g/mol. The molecule has 22 heavy (non-hydrogen) atoms. The molecule has 0 unspecified atom stereocenters. The van der Waals surface area contributed by atoms with Crippen molar-refractivity contribution in [3.8, 4) is 0 Å². The fourth-order valence-electron chi connectivity index (χ4n) is 1.70.